The van der Waals surface area contributed by atoms with E-state index in [1.165, 1.54) is 0 Å². The zero-order valence-electron chi connectivity index (χ0n) is 11.9. The zero-order valence-corrected chi connectivity index (χ0v) is 11.9. The lowest BCUT2D eigenvalue weighted by molar-refractivity contribution is 0.170. The summed E-state index contributed by atoms with van der Waals surface area (Å²) < 4.78 is 2.03. The molecule has 4 nitrogen and oxygen atoms in total. The first kappa shape index (κ1) is 15.2. The van der Waals surface area contributed by atoms with E-state index in [2.05, 4.69) is 31.2 Å². The summed E-state index contributed by atoms with van der Waals surface area (Å²) in [5.41, 5.74) is 0.979. The van der Waals surface area contributed by atoms with Crippen molar-refractivity contribution < 1.29 is 5.11 Å². The number of aliphatic hydroxyl groups excluding tert-OH is 1. The molecule has 1 rings (SSSR count). The Labute approximate surface area is 110 Å². The van der Waals surface area contributed by atoms with Gasteiger partial charge in [0.05, 0.1) is 17.8 Å². The molecule has 0 radical (unpaired) electrons. The van der Waals surface area contributed by atoms with Crippen LogP contribution in [0.2, 0.25) is 0 Å². The quantitative estimate of drug-likeness (QED) is 0.663. The van der Waals surface area contributed by atoms with Gasteiger partial charge in [-0.3, -0.25) is 4.68 Å². The summed E-state index contributed by atoms with van der Waals surface area (Å²) in [5, 5.41) is 17.7. The number of aliphatic hydroxyl groups is 1. The predicted octanol–water partition coefficient (Wildman–Crippen LogP) is 2.15. The Hall–Kier alpha value is -0.870. The lowest BCUT2D eigenvalue weighted by atomic mass is 10.2. The Balaban J connectivity index is 2.43. The summed E-state index contributed by atoms with van der Waals surface area (Å²) in [7, 11) is 0. The van der Waals surface area contributed by atoms with Crippen molar-refractivity contribution in [3.63, 3.8) is 0 Å². The molecule has 0 aliphatic rings. The molecular weight excluding hydrogens is 226 g/mol. The molecule has 1 aromatic heterocycles. The smallest absolute Gasteiger partial charge is 0.0720 e. The zero-order chi connectivity index (χ0) is 13.4. The molecule has 0 saturated carbocycles. The van der Waals surface area contributed by atoms with Crippen molar-refractivity contribution in [1.29, 1.82) is 0 Å². The third-order valence-corrected chi connectivity index (χ3v) is 3.23. The lowest BCUT2D eigenvalue weighted by Gasteiger charge is -2.13. The summed E-state index contributed by atoms with van der Waals surface area (Å²) in [6.45, 7) is 8.08. The van der Waals surface area contributed by atoms with Gasteiger partial charge in [0.15, 0.2) is 0 Å². The Morgan fingerprint density at radius 1 is 1.33 bits per heavy atom. The van der Waals surface area contributed by atoms with Crippen LogP contribution in [-0.2, 0) is 6.42 Å². The van der Waals surface area contributed by atoms with Crippen LogP contribution in [0.15, 0.2) is 12.3 Å². The highest BCUT2D eigenvalue weighted by Crippen LogP contribution is 2.14. The van der Waals surface area contributed by atoms with E-state index in [0.29, 0.717) is 19.0 Å². The molecular formula is C14H27N3O. The SMILES string of the molecule is CCCNCC(O)Cc1ccn(C(CC)CC)n1. The van der Waals surface area contributed by atoms with Crippen LogP contribution < -0.4 is 5.32 Å². The number of nitrogens with one attached hydrogen (secondary N) is 1. The van der Waals surface area contributed by atoms with Crippen LogP contribution in [0.5, 0.6) is 0 Å². The van der Waals surface area contributed by atoms with E-state index in [9.17, 15) is 5.11 Å². The number of nitrogens with zero attached hydrogens (tertiary/aromatic N) is 2. The Kier molecular flexibility index (Phi) is 6.98. The first-order chi connectivity index (χ1) is 8.71. The van der Waals surface area contributed by atoms with Gasteiger partial charge in [0.2, 0.25) is 0 Å². The van der Waals surface area contributed by atoms with Crippen molar-refractivity contribution >= 4 is 0 Å². The maximum atomic E-state index is 9.88. The average Bonchev–Trinajstić information content (AvgIpc) is 2.79. The van der Waals surface area contributed by atoms with Crippen LogP contribution in [0.1, 0.15) is 51.8 Å². The van der Waals surface area contributed by atoms with Crippen molar-refractivity contribution in [1.82, 2.24) is 15.1 Å². The van der Waals surface area contributed by atoms with Gasteiger partial charge in [-0.25, -0.2) is 0 Å². The molecule has 1 aromatic rings. The van der Waals surface area contributed by atoms with E-state index in [0.717, 1.165) is 31.5 Å². The van der Waals surface area contributed by atoms with Gasteiger partial charge < -0.3 is 10.4 Å². The van der Waals surface area contributed by atoms with E-state index in [1.807, 2.05) is 16.9 Å². The van der Waals surface area contributed by atoms with Crippen molar-refractivity contribution in [2.45, 2.75) is 58.6 Å². The minimum absolute atomic E-state index is 0.346. The number of rotatable bonds is 9. The second-order valence-electron chi connectivity index (χ2n) is 4.82. The molecule has 0 saturated heterocycles. The maximum Gasteiger partial charge on any atom is 0.0720 e. The van der Waals surface area contributed by atoms with E-state index < -0.39 is 0 Å². The average molecular weight is 253 g/mol. The van der Waals surface area contributed by atoms with Crippen molar-refractivity contribution in [2.75, 3.05) is 13.1 Å². The van der Waals surface area contributed by atoms with Crippen LogP contribution in [0, 0.1) is 0 Å². The first-order valence-electron chi connectivity index (χ1n) is 7.14. The first-order valence-corrected chi connectivity index (χ1v) is 7.14. The van der Waals surface area contributed by atoms with Gasteiger partial charge in [-0.1, -0.05) is 20.8 Å². The van der Waals surface area contributed by atoms with Gasteiger partial charge in [0.1, 0.15) is 0 Å². The molecule has 4 heteroatoms. The minimum Gasteiger partial charge on any atom is -0.391 e. The molecule has 0 aliphatic carbocycles. The van der Waals surface area contributed by atoms with Gasteiger partial charge in [-0.05, 0) is 31.9 Å². The predicted molar refractivity (Wildman–Crippen MR) is 74.7 cm³/mol. The van der Waals surface area contributed by atoms with Crippen LogP contribution in [0.3, 0.4) is 0 Å². The van der Waals surface area contributed by atoms with E-state index >= 15 is 0 Å². The summed E-state index contributed by atoms with van der Waals surface area (Å²) in [5.74, 6) is 0. The fraction of sp³-hybridized carbons (Fsp3) is 0.786. The minimum atomic E-state index is -0.346. The Bertz CT molecular complexity index is 321. The van der Waals surface area contributed by atoms with Crippen LogP contribution in [0.25, 0.3) is 0 Å². The molecule has 0 aliphatic heterocycles. The van der Waals surface area contributed by atoms with Crippen LogP contribution >= 0.6 is 0 Å². The second-order valence-corrected chi connectivity index (χ2v) is 4.82. The highest BCUT2D eigenvalue weighted by molar-refractivity contribution is 5.01. The third-order valence-electron chi connectivity index (χ3n) is 3.23. The molecule has 104 valence electrons. The van der Waals surface area contributed by atoms with Crippen molar-refractivity contribution in [3.8, 4) is 0 Å². The molecule has 18 heavy (non-hydrogen) atoms. The molecule has 1 atom stereocenters. The topological polar surface area (TPSA) is 50.1 Å². The second kappa shape index (κ2) is 8.27. The summed E-state index contributed by atoms with van der Waals surface area (Å²) in [6.07, 6.45) is 5.59. The van der Waals surface area contributed by atoms with Gasteiger partial charge in [-0.15, -0.1) is 0 Å². The van der Waals surface area contributed by atoms with Gasteiger partial charge in [0, 0.05) is 19.2 Å². The Morgan fingerprint density at radius 3 is 2.67 bits per heavy atom. The van der Waals surface area contributed by atoms with Gasteiger partial charge in [-0.2, -0.15) is 5.10 Å². The molecule has 0 aromatic carbocycles. The number of aromatic nitrogens is 2. The van der Waals surface area contributed by atoms with Crippen LogP contribution in [-0.4, -0.2) is 34.1 Å². The maximum absolute atomic E-state index is 9.88. The highest BCUT2D eigenvalue weighted by atomic mass is 16.3. The molecule has 1 unspecified atom stereocenters. The summed E-state index contributed by atoms with van der Waals surface area (Å²) in [6, 6.07) is 2.50. The van der Waals surface area contributed by atoms with Crippen molar-refractivity contribution in [2.24, 2.45) is 0 Å². The van der Waals surface area contributed by atoms with E-state index in [-0.39, 0.29) is 6.10 Å². The number of hydrogen-bond acceptors (Lipinski definition) is 3. The molecule has 0 fully saturated rings. The molecule has 0 bridgehead atoms. The molecule has 2 N–H and O–H groups in total. The third kappa shape index (κ3) is 4.78. The number of hydrogen-bond donors (Lipinski definition) is 2. The molecule has 0 spiro atoms. The fourth-order valence-electron chi connectivity index (χ4n) is 2.11. The lowest BCUT2D eigenvalue weighted by Crippen LogP contribution is -2.29. The van der Waals surface area contributed by atoms with Gasteiger partial charge in [0.25, 0.3) is 0 Å². The largest absolute Gasteiger partial charge is 0.391 e. The molecule has 0 amide bonds. The van der Waals surface area contributed by atoms with Gasteiger partial charge >= 0.3 is 0 Å². The summed E-state index contributed by atoms with van der Waals surface area (Å²) in [4.78, 5) is 0. The monoisotopic (exact) mass is 253 g/mol. The highest BCUT2D eigenvalue weighted by Gasteiger charge is 2.11. The Morgan fingerprint density at radius 2 is 2.06 bits per heavy atom. The van der Waals surface area contributed by atoms with Crippen LogP contribution in [0.4, 0.5) is 0 Å². The standard InChI is InChI=1S/C14H27N3O/c1-4-8-15-11-14(18)10-12-7-9-17(16-12)13(5-2)6-3/h7,9,13-15,18H,4-6,8,10-11H2,1-3H3. The van der Waals surface area contributed by atoms with Crippen molar-refractivity contribution in [3.05, 3.63) is 18.0 Å². The van der Waals surface area contributed by atoms with E-state index in [4.69, 9.17) is 0 Å². The fourth-order valence-corrected chi connectivity index (χ4v) is 2.11. The summed E-state index contributed by atoms with van der Waals surface area (Å²) >= 11 is 0. The molecule has 1 heterocycles. The normalized spacial score (nSPS) is 13.2. The van der Waals surface area contributed by atoms with E-state index in [1.54, 1.807) is 0 Å².